The first-order valence-electron chi connectivity index (χ1n) is 5.05. The molecule has 3 nitrogen and oxygen atoms in total. The second-order valence-corrected chi connectivity index (χ2v) is 5.61. The minimum atomic E-state index is 0.184. The molecule has 0 aliphatic carbocycles. The predicted molar refractivity (Wildman–Crippen MR) is 69.7 cm³/mol. The van der Waals surface area contributed by atoms with Crippen LogP contribution in [0.5, 0.6) is 0 Å². The summed E-state index contributed by atoms with van der Waals surface area (Å²) in [7, 11) is 0. The first-order valence-corrected chi connectivity index (χ1v) is 7.22. The van der Waals surface area contributed by atoms with E-state index in [-0.39, 0.29) is 17.9 Å². The maximum atomic E-state index is 9.13. The van der Waals surface area contributed by atoms with Crippen molar-refractivity contribution in [1.29, 1.82) is 5.26 Å². The molecule has 0 saturated heterocycles. The van der Waals surface area contributed by atoms with E-state index in [9.17, 15) is 0 Å². The van der Waals surface area contributed by atoms with E-state index in [0.29, 0.717) is 0 Å². The Morgan fingerprint density at radius 2 is 2.44 bits per heavy atom. The van der Waals surface area contributed by atoms with Gasteiger partial charge in [0.1, 0.15) is 6.07 Å². The standard InChI is InChI=1S/C11H16N2OS2/c1-8(11(6-14)15-2)13-5-10-3-9(4-12)7-16-10/h3,7-8,11,13-14H,5-6H2,1-2H3. The van der Waals surface area contributed by atoms with E-state index < -0.39 is 0 Å². The number of thiophene rings is 1. The second-order valence-electron chi connectivity index (χ2n) is 3.54. The lowest BCUT2D eigenvalue weighted by Crippen LogP contribution is -2.36. The van der Waals surface area contributed by atoms with Gasteiger partial charge in [0.2, 0.25) is 0 Å². The molecule has 16 heavy (non-hydrogen) atoms. The molecule has 88 valence electrons. The summed E-state index contributed by atoms with van der Waals surface area (Å²) in [6.45, 7) is 3.00. The predicted octanol–water partition coefficient (Wildman–Crippen LogP) is 1.82. The first-order chi connectivity index (χ1) is 7.71. The summed E-state index contributed by atoms with van der Waals surface area (Å²) in [5.41, 5.74) is 0.720. The van der Waals surface area contributed by atoms with E-state index in [1.807, 2.05) is 17.7 Å². The highest BCUT2D eigenvalue weighted by Crippen LogP contribution is 2.15. The van der Waals surface area contributed by atoms with Crippen LogP contribution in [0.4, 0.5) is 0 Å². The number of hydrogen-bond acceptors (Lipinski definition) is 5. The van der Waals surface area contributed by atoms with Crippen LogP contribution in [0.1, 0.15) is 17.4 Å². The van der Waals surface area contributed by atoms with Gasteiger partial charge in [-0.3, -0.25) is 0 Å². The van der Waals surface area contributed by atoms with Crippen molar-refractivity contribution in [2.45, 2.75) is 24.8 Å². The zero-order valence-corrected chi connectivity index (χ0v) is 11.1. The molecule has 0 aliphatic heterocycles. The van der Waals surface area contributed by atoms with Crippen LogP contribution < -0.4 is 5.32 Å². The number of aliphatic hydroxyl groups is 1. The fourth-order valence-corrected chi connectivity index (χ4v) is 2.78. The topological polar surface area (TPSA) is 56.0 Å². The average molecular weight is 256 g/mol. The number of thioether (sulfide) groups is 1. The molecule has 0 spiro atoms. The van der Waals surface area contributed by atoms with Gasteiger partial charge in [-0.25, -0.2) is 0 Å². The third-order valence-corrected chi connectivity index (χ3v) is 4.52. The number of rotatable bonds is 6. The molecule has 0 bridgehead atoms. The Hall–Kier alpha value is -0.540. The summed E-state index contributed by atoms with van der Waals surface area (Å²) < 4.78 is 0. The SMILES string of the molecule is CSC(CO)C(C)NCc1cc(C#N)cs1. The molecular formula is C11H16N2OS2. The number of nitrogens with zero attached hydrogens (tertiary/aromatic N) is 1. The van der Waals surface area contributed by atoms with Gasteiger partial charge in [0.05, 0.1) is 12.2 Å². The molecule has 1 aromatic heterocycles. The van der Waals surface area contributed by atoms with Crippen LogP contribution >= 0.6 is 23.1 Å². The van der Waals surface area contributed by atoms with Gasteiger partial charge >= 0.3 is 0 Å². The molecule has 0 fully saturated rings. The Kier molecular flexibility index (Phi) is 5.85. The fourth-order valence-electron chi connectivity index (χ4n) is 1.36. The average Bonchev–Trinajstić information content (AvgIpc) is 2.76. The largest absolute Gasteiger partial charge is 0.395 e. The van der Waals surface area contributed by atoms with Gasteiger partial charge in [0, 0.05) is 28.1 Å². The van der Waals surface area contributed by atoms with Crippen molar-refractivity contribution in [2.75, 3.05) is 12.9 Å². The molecule has 0 amide bonds. The number of nitrogens with one attached hydrogen (secondary N) is 1. The van der Waals surface area contributed by atoms with E-state index in [1.165, 1.54) is 0 Å². The molecule has 1 heterocycles. The highest BCUT2D eigenvalue weighted by atomic mass is 32.2. The summed E-state index contributed by atoms with van der Waals surface area (Å²) in [5, 5.41) is 23.3. The van der Waals surface area contributed by atoms with E-state index in [4.69, 9.17) is 10.4 Å². The molecule has 2 atom stereocenters. The Morgan fingerprint density at radius 1 is 1.69 bits per heavy atom. The van der Waals surface area contributed by atoms with Crippen LogP contribution in [0.15, 0.2) is 11.4 Å². The Balaban J connectivity index is 2.42. The minimum Gasteiger partial charge on any atom is -0.395 e. The quantitative estimate of drug-likeness (QED) is 0.815. The van der Waals surface area contributed by atoms with Gasteiger partial charge in [0.25, 0.3) is 0 Å². The zero-order valence-electron chi connectivity index (χ0n) is 9.43. The zero-order chi connectivity index (χ0) is 12.0. The third-order valence-electron chi connectivity index (χ3n) is 2.42. The molecule has 2 N–H and O–H groups in total. The van der Waals surface area contributed by atoms with Crippen molar-refractivity contribution >= 4 is 23.1 Å². The van der Waals surface area contributed by atoms with E-state index in [1.54, 1.807) is 23.1 Å². The number of hydrogen-bond donors (Lipinski definition) is 2. The van der Waals surface area contributed by atoms with Crippen molar-refractivity contribution in [3.8, 4) is 6.07 Å². The van der Waals surface area contributed by atoms with Gasteiger partial charge in [-0.15, -0.1) is 11.3 Å². The summed E-state index contributed by atoms with van der Waals surface area (Å²) >= 11 is 3.25. The van der Waals surface area contributed by atoms with Crippen LogP contribution in [0, 0.1) is 11.3 Å². The van der Waals surface area contributed by atoms with E-state index in [2.05, 4.69) is 18.3 Å². The van der Waals surface area contributed by atoms with Crippen LogP contribution in [0.2, 0.25) is 0 Å². The molecule has 0 saturated carbocycles. The summed E-state index contributed by atoms with van der Waals surface area (Å²) in [6, 6.07) is 4.28. The van der Waals surface area contributed by atoms with Crippen molar-refractivity contribution in [1.82, 2.24) is 5.32 Å². The maximum absolute atomic E-state index is 9.13. The second kappa shape index (κ2) is 6.92. The van der Waals surface area contributed by atoms with Crippen LogP contribution in [-0.2, 0) is 6.54 Å². The Morgan fingerprint density at radius 3 is 2.94 bits per heavy atom. The lowest BCUT2D eigenvalue weighted by Gasteiger charge is -2.20. The molecule has 1 rings (SSSR count). The smallest absolute Gasteiger partial charge is 0.100 e. The lowest BCUT2D eigenvalue weighted by molar-refractivity contribution is 0.276. The summed E-state index contributed by atoms with van der Waals surface area (Å²) in [4.78, 5) is 1.15. The van der Waals surface area contributed by atoms with Gasteiger partial charge in [0.15, 0.2) is 0 Å². The van der Waals surface area contributed by atoms with Crippen LogP contribution in [0.25, 0.3) is 0 Å². The minimum absolute atomic E-state index is 0.184. The molecule has 0 radical (unpaired) electrons. The van der Waals surface area contributed by atoms with Crippen LogP contribution in [0.3, 0.4) is 0 Å². The summed E-state index contributed by atoms with van der Waals surface area (Å²) in [6.07, 6.45) is 2.00. The molecule has 0 aromatic carbocycles. The Bertz CT molecular complexity index is 355. The monoisotopic (exact) mass is 256 g/mol. The number of nitriles is 1. The fraction of sp³-hybridized carbons (Fsp3) is 0.545. The summed E-state index contributed by atoms with van der Waals surface area (Å²) in [5.74, 6) is 0. The maximum Gasteiger partial charge on any atom is 0.100 e. The molecule has 5 heteroatoms. The molecule has 1 aromatic rings. The van der Waals surface area contributed by atoms with Crippen molar-refractivity contribution in [3.63, 3.8) is 0 Å². The molecule has 2 unspecified atom stereocenters. The first kappa shape index (κ1) is 13.5. The van der Waals surface area contributed by atoms with Crippen molar-refractivity contribution in [2.24, 2.45) is 0 Å². The van der Waals surface area contributed by atoms with E-state index in [0.717, 1.165) is 17.0 Å². The molecule has 0 aliphatic rings. The van der Waals surface area contributed by atoms with Crippen molar-refractivity contribution in [3.05, 3.63) is 21.9 Å². The van der Waals surface area contributed by atoms with E-state index >= 15 is 0 Å². The van der Waals surface area contributed by atoms with Crippen molar-refractivity contribution < 1.29 is 5.11 Å². The highest BCUT2D eigenvalue weighted by molar-refractivity contribution is 7.99. The lowest BCUT2D eigenvalue weighted by atomic mass is 10.2. The van der Waals surface area contributed by atoms with Gasteiger partial charge in [-0.1, -0.05) is 0 Å². The molecular weight excluding hydrogens is 240 g/mol. The normalized spacial score (nSPS) is 14.4. The van der Waals surface area contributed by atoms with Gasteiger partial charge in [-0.05, 0) is 19.2 Å². The van der Waals surface area contributed by atoms with Gasteiger partial charge in [-0.2, -0.15) is 17.0 Å². The number of aliphatic hydroxyl groups excluding tert-OH is 1. The van der Waals surface area contributed by atoms with Crippen LogP contribution in [-0.4, -0.2) is 29.3 Å². The third kappa shape index (κ3) is 3.80. The van der Waals surface area contributed by atoms with Gasteiger partial charge < -0.3 is 10.4 Å². The highest BCUT2D eigenvalue weighted by Gasteiger charge is 2.14. The Labute approximate surface area is 104 Å².